The lowest BCUT2D eigenvalue weighted by molar-refractivity contribution is 0.0636. The fourth-order valence-corrected chi connectivity index (χ4v) is 2.78. The molecule has 0 unspecified atom stereocenters. The first-order valence-electron chi connectivity index (χ1n) is 4.96. The van der Waals surface area contributed by atoms with E-state index in [1.165, 1.54) is 16.2 Å². The lowest BCUT2D eigenvalue weighted by Gasteiger charge is -2.19. The molecule has 0 spiro atoms. The van der Waals surface area contributed by atoms with E-state index in [1.54, 1.807) is 0 Å². The quantitative estimate of drug-likeness (QED) is 0.831. The summed E-state index contributed by atoms with van der Waals surface area (Å²) in [5.74, 6) is 0. The van der Waals surface area contributed by atoms with Gasteiger partial charge in [0, 0.05) is 4.88 Å². The van der Waals surface area contributed by atoms with Gasteiger partial charge in [0.15, 0.2) is 0 Å². The smallest absolute Gasteiger partial charge is 0.412 e. The molecule has 16 heavy (non-hydrogen) atoms. The molecule has 0 aliphatic heterocycles. The Hall–Kier alpha value is -0.550. The van der Waals surface area contributed by atoms with E-state index in [1.807, 2.05) is 34.6 Å². The normalized spacial score (nSPS) is 11.4. The van der Waals surface area contributed by atoms with E-state index in [0.717, 1.165) is 15.0 Å². The van der Waals surface area contributed by atoms with E-state index in [0.29, 0.717) is 0 Å². The molecule has 0 radical (unpaired) electrons. The SMILES string of the molecule is Cc1sc(NC(=O)OC(C)(C)C)c(Br)c1C. The van der Waals surface area contributed by atoms with Gasteiger partial charge in [-0.3, -0.25) is 5.32 Å². The van der Waals surface area contributed by atoms with E-state index >= 15 is 0 Å². The minimum atomic E-state index is -0.474. The van der Waals surface area contributed by atoms with Gasteiger partial charge >= 0.3 is 6.09 Å². The zero-order chi connectivity index (χ0) is 12.5. The van der Waals surface area contributed by atoms with E-state index < -0.39 is 11.7 Å². The van der Waals surface area contributed by atoms with Gasteiger partial charge in [-0.15, -0.1) is 11.3 Å². The molecule has 1 aromatic rings. The zero-order valence-corrected chi connectivity index (χ0v) is 12.5. The Morgan fingerprint density at radius 3 is 2.31 bits per heavy atom. The molecule has 0 aliphatic carbocycles. The van der Waals surface area contributed by atoms with Crippen molar-refractivity contribution < 1.29 is 9.53 Å². The van der Waals surface area contributed by atoms with Gasteiger partial charge in [0.2, 0.25) is 0 Å². The number of hydrogen-bond donors (Lipinski definition) is 1. The highest BCUT2D eigenvalue weighted by Crippen LogP contribution is 2.36. The molecular formula is C11H16BrNO2S. The summed E-state index contributed by atoms with van der Waals surface area (Å²) < 4.78 is 6.11. The van der Waals surface area contributed by atoms with E-state index in [-0.39, 0.29) is 0 Å². The average molecular weight is 306 g/mol. The van der Waals surface area contributed by atoms with Crippen molar-refractivity contribution >= 4 is 38.4 Å². The molecule has 0 aliphatic rings. The summed E-state index contributed by atoms with van der Waals surface area (Å²) in [5, 5.41) is 3.53. The number of anilines is 1. The van der Waals surface area contributed by atoms with E-state index in [2.05, 4.69) is 21.2 Å². The van der Waals surface area contributed by atoms with Crippen LogP contribution in [-0.2, 0) is 4.74 Å². The molecular weight excluding hydrogens is 290 g/mol. The highest BCUT2D eigenvalue weighted by Gasteiger charge is 2.18. The van der Waals surface area contributed by atoms with Crippen molar-refractivity contribution in [1.82, 2.24) is 0 Å². The van der Waals surface area contributed by atoms with Crippen LogP contribution in [0, 0.1) is 13.8 Å². The van der Waals surface area contributed by atoms with E-state index in [4.69, 9.17) is 4.74 Å². The fourth-order valence-electron chi connectivity index (χ4n) is 1.08. The highest BCUT2D eigenvalue weighted by atomic mass is 79.9. The molecule has 1 rings (SSSR count). The molecule has 1 N–H and O–H groups in total. The maximum absolute atomic E-state index is 11.6. The van der Waals surface area contributed by atoms with Gasteiger partial charge < -0.3 is 4.74 Å². The highest BCUT2D eigenvalue weighted by molar-refractivity contribution is 9.10. The first kappa shape index (κ1) is 13.5. The second-order valence-corrected chi connectivity index (χ2v) is 6.57. The summed E-state index contributed by atoms with van der Waals surface area (Å²) in [6, 6.07) is 0. The molecule has 1 aromatic heterocycles. The molecule has 0 fully saturated rings. The molecule has 1 heterocycles. The number of aryl methyl sites for hydroxylation is 1. The van der Waals surface area contributed by atoms with Crippen LogP contribution in [0.5, 0.6) is 0 Å². The summed E-state index contributed by atoms with van der Waals surface area (Å²) >= 11 is 4.99. The second kappa shape index (κ2) is 4.75. The van der Waals surface area contributed by atoms with Crippen LogP contribution in [-0.4, -0.2) is 11.7 Å². The lowest BCUT2D eigenvalue weighted by Crippen LogP contribution is -2.27. The van der Waals surface area contributed by atoms with Crippen LogP contribution in [0.15, 0.2) is 4.47 Å². The molecule has 1 amide bonds. The van der Waals surface area contributed by atoms with Crippen LogP contribution in [0.4, 0.5) is 9.80 Å². The number of carbonyl (C=O) groups excluding carboxylic acids is 1. The molecule has 0 atom stereocenters. The summed E-state index contributed by atoms with van der Waals surface area (Å²) in [4.78, 5) is 12.7. The first-order chi connectivity index (χ1) is 7.20. The maximum atomic E-state index is 11.6. The largest absolute Gasteiger partial charge is 0.444 e. The average Bonchev–Trinajstić information content (AvgIpc) is 2.30. The van der Waals surface area contributed by atoms with Crippen LogP contribution in [0.3, 0.4) is 0 Å². The Kier molecular flexibility index (Phi) is 4.02. The standard InChI is InChI=1S/C11H16BrNO2S/c1-6-7(2)16-9(8(6)12)13-10(14)15-11(3,4)5/h1-5H3,(H,13,14). The minimum Gasteiger partial charge on any atom is -0.444 e. The Balaban J connectivity index is 2.74. The third-order valence-corrected chi connectivity index (χ3v) is 4.30. The van der Waals surface area contributed by atoms with Crippen LogP contribution >= 0.6 is 27.3 Å². The van der Waals surface area contributed by atoms with E-state index in [9.17, 15) is 4.79 Å². The number of ether oxygens (including phenoxy) is 1. The van der Waals surface area contributed by atoms with Gasteiger partial charge in [0.05, 0.1) is 4.47 Å². The summed E-state index contributed by atoms with van der Waals surface area (Å²) in [5.41, 5.74) is 0.675. The van der Waals surface area contributed by atoms with Crippen molar-refractivity contribution in [1.29, 1.82) is 0 Å². The molecule has 3 nitrogen and oxygen atoms in total. The summed E-state index contributed by atoms with van der Waals surface area (Å²) in [6.45, 7) is 9.55. The first-order valence-corrected chi connectivity index (χ1v) is 6.57. The summed E-state index contributed by atoms with van der Waals surface area (Å²) in [7, 11) is 0. The zero-order valence-electron chi connectivity index (χ0n) is 10.1. The number of carbonyl (C=O) groups is 1. The van der Waals surface area contributed by atoms with Crippen LogP contribution in [0.25, 0.3) is 0 Å². The van der Waals surface area contributed by atoms with Crippen molar-refractivity contribution in [2.24, 2.45) is 0 Å². The molecule has 0 bridgehead atoms. The fraction of sp³-hybridized carbons (Fsp3) is 0.545. The third-order valence-electron chi connectivity index (χ3n) is 1.93. The third kappa shape index (κ3) is 3.49. The number of amides is 1. The number of thiophene rings is 1. The van der Waals surface area contributed by atoms with Gasteiger partial charge in [0.25, 0.3) is 0 Å². The van der Waals surface area contributed by atoms with Crippen molar-refractivity contribution in [3.63, 3.8) is 0 Å². The van der Waals surface area contributed by atoms with Crippen LogP contribution in [0.2, 0.25) is 0 Å². The lowest BCUT2D eigenvalue weighted by atomic mass is 10.2. The number of nitrogens with one attached hydrogen (secondary N) is 1. The second-order valence-electron chi connectivity index (χ2n) is 4.55. The van der Waals surface area contributed by atoms with Crippen molar-refractivity contribution in [3.05, 3.63) is 14.9 Å². The monoisotopic (exact) mass is 305 g/mol. The number of hydrogen-bond acceptors (Lipinski definition) is 3. The maximum Gasteiger partial charge on any atom is 0.412 e. The molecule has 0 saturated heterocycles. The van der Waals surface area contributed by atoms with Crippen LogP contribution in [0.1, 0.15) is 31.2 Å². The van der Waals surface area contributed by atoms with Gasteiger partial charge in [-0.2, -0.15) is 0 Å². The predicted molar refractivity (Wildman–Crippen MR) is 71.3 cm³/mol. The Morgan fingerprint density at radius 2 is 1.94 bits per heavy atom. The topological polar surface area (TPSA) is 38.3 Å². The number of halogens is 1. The molecule has 0 aromatic carbocycles. The van der Waals surface area contributed by atoms with Gasteiger partial charge in [0.1, 0.15) is 10.6 Å². The molecule has 0 saturated carbocycles. The van der Waals surface area contributed by atoms with Crippen LogP contribution < -0.4 is 5.32 Å². The summed E-state index contributed by atoms with van der Waals surface area (Å²) in [6.07, 6.45) is -0.422. The van der Waals surface area contributed by atoms with Crippen molar-refractivity contribution in [2.75, 3.05) is 5.32 Å². The Bertz CT molecular complexity index is 407. The Labute approximate surface area is 108 Å². The van der Waals surface area contributed by atoms with Crippen molar-refractivity contribution in [3.8, 4) is 0 Å². The molecule has 5 heteroatoms. The molecule has 90 valence electrons. The predicted octanol–water partition coefficient (Wildman–Crippen LogP) is 4.47. The Morgan fingerprint density at radius 1 is 1.38 bits per heavy atom. The van der Waals surface area contributed by atoms with Gasteiger partial charge in [-0.25, -0.2) is 4.79 Å². The van der Waals surface area contributed by atoms with Crippen molar-refractivity contribution in [2.45, 2.75) is 40.2 Å². The van der Waals surface area contributed by atoms with Gasteiger partial charge in [-0.1, -0.05) is 0 Å². The minimum absolute atomic E-state index is 0.422. The number of rotatable bonds is 1. The van der Waals surface area contributed by atoms with Gasteiger partial charge in [-0.05, 0) is 56.1 Å².